The van der Waals surface area contributed by atoms with Crippen molar-refractivity contribution in [2.45, 2.75) is 12.8 Å². The second-order valence-corrected chi connectivity index (χ2v) is 5.61. The molecule has 2 heterocycles. The highest BCUT2D eigenvalue weighted by molar-refractivity contribution is 7.90. The van der Waals surface area contributed by atoms with Crippen LogP contribution >= 0.6 is 0 Å². The molecular weight excluding hydrogens is 258 g/mol. The van der Waals surface area contributed by atoms with Crippen molar-refractivity contribution in [1.29, 1.82) is 0 Å². The molecule has 0 saturated carbocycles. The third kappa shape index (κ3) is 2.59. The molecule has 0 unspecified atom stereocenters. The smallest absolute Gasteiger partial charge is 0.337 e. The van der Waals surface area contributed by atoms with Gasteiger partial charge in [-0.2, -0.15) is 12.7 Å². The Hall–Kier alpha value is -1.67. The fraction of sp³-hybridized carbons (Fsp3) is 0.400. The van der Waals surface area contributed by atoms with Gasteiger partial charge in [0.2, 0.25) is 0 Å². The van der Waals surface area contributed by atoms with Crippen LogP contribution in [0.5, 0.6) is 0 Å². The second kappa shape index (κ2) is 4.91. The van der Waals surface area contributed by atoms with Crippen molar-refractivity contribution >= 4 is 21.9 Å². The normalized spacial score (nSPS) is 16.7. The van der Waals surface area contributed by atoms with E-state index in [1.54, 1.807) is 0 Å². The van der Waals surface area contributed by atoms with E-state index in [4.69, 9.17) is 5.11 Å². The molecule has 0 spiro atoms. The van der Waals surface area contributed by atoms with Crippen molar-refractivity contribution in [3.63, 3.8) is 0 Å². The number of carboxylic acids is 1. The minimum atomic E-state index is -3.69. The summed E-state index contributed by atoms with van der Waals surface area (Å²) in [5, 5.41) is 8.95. The van der Waals surface area contributed by atoms with Gasteiger partial charge in [-0.15, -0.1) is 0 Å². The number of aromatic nitrogens is 1. The van der Waals surface area contributed by atoms with Crippen LogP contribution in [0.25, 0.3) is 0 Å². The molecule has 7 nitrogen and oxygen atoms in total. The number of anilines is 1. The van der Waals surface area contributed by atoms with Crippen LogP contribution in [-0.2, 0) is 10.2 Å². The maximum atomic E-state index is 12.0. The Labute approximate surface area is 105 Å². The third-order valence-electron chi connectivity index (χ3n) is 2.70. The molecule has 1 saturated heterocycles. The highest BCUT2D eigenvalue weighted by atomic mass is 32.2. The first-order valence-corrected chi connectivity index (χ1v) is 6.90. The fourth-order valence-corrected chi connectivity index (χ4v) is 3.10. The van der Waals surface area contributed by atoms with Crippen LogP contribution in [0.4, 0.5) is 5.69 Å². The van der Waals surface area contributed by atoms with Gasteiger partial charge in [-0.3, -0.25) is 9.71 Å². The number of nitrogens with zero attached hydrogens (tertiary/aromatic N) is 2. The molecule has 1 fully saturated rings. The summed E-state index contributed by atoms with van der Waals surface area (Å²) in [7, 11) is -3.69. The van der Waals surface area contributed by atoms with E-state index in [-0.39, 0.29) is 11.3 Å². The standard InChI is InChI=1S/C10H13N3O4S/c14-10(15)8-3-4-11-7-9(8)12-18(16,17)13-5-1-2-6-13/h3-4,7,12H,1-2,5-6H2,(H,14,15). The zero-order valence-corrected chi connectivity index (χ0v) is 10.4. The van der Waals surface area contributed by atoms with Crippen molar-refractivity contribution in [3.8, 4) is 0 Å². The summed E-state index contributed by atoms with van der Waals surface area (Å²) in [5.74, 6) is -1.20. The first-order valence-electron chi connectivity index (χ1n) is 5.46. The Morgan fingerprint density at radius 1 is 1.39 bits per heavy atom. The first-order chi connectivity index (χ1) is 8.50. The van der Waals surface area contributed by atoms with Gasteiger partial charge in [0.1, 0.15) is 0 Å². The maximum absolute atomic E-state index is 12.0. The van der Waals surface area contributed by atoms with E-state index in [9.17, 15) is 13.2 Å². The van der Waals surface area contributed by atoms with Gasteiger partial charge in [0.05, 0.1) is 17.4 Å². The molecule has 0 aromatic carbocycles. The lowest BCUT2D eigenvalue weighted by Crippen LogP contribution is -2.33. The van der Waals surface area contributed by atoms with Gasteiger partial charge in [0.15, 0.2) is 0 Å². The van der Waals surface area contributed by atoms with Gasteiger partial charge in [-0.05, 0) is 18.9 Å². The highest BCUT2D eigenvalue weighted by Gasteiger charge is 2.26. The molecular formula is C10H13N3O4S. The number of aromatic carboxylic acids is 1. The van der Waals surface area contributed by atoms with Crippen molar-refractivity contribution < 1.29 is 18.3 Å². The number of carbonyl (C=O) groups is 1. The number of pyridine rings is 1. The highest BCUT2D eigenvalue weighted by Crippen LogP contribution is 2.19. The molecule has 1 aliphatic heterocycles. The van der Waals surface area contributed by atoms with Crippen LogP contribution in [0.15, 0.2) is 18.5 Å². The third-order valence-corrected chi connectivity index (χ3v) is 4.22. The topological polar surface area (TPSA) is 99.6 Å². The van der Waals surface area contributed by atoms with E-state index in [1.165, 1.54) is 22.8 Å². The molecule has 1 aromatic rings. The van der Waals surface area contributed by atoms with Crippen molar-refractivity contribution in [2.24, 2.45) is 0 Å². The van der Waals surface area contributed by atoms with Gasteiger partial charge in [0.25, 0.3) is 0 Å². The largest absolute Gasteiger partial charge is 0.478 e. The quantitative estimate of drug-likeness (QED) is 0.832. The number of hydrogen-bond acceptors (Lipinski definition) is 4. The molecule has 0 amide bonds. The summed E-state index contributed by atoms with van der Waals surface area (Å²) in [6.07, 6.45) is 4.13. The Kier molecular flexibility index (Phi) is 3.48. The summed E-state index contributed by atoms with van der Waals surface area (Å²) in [6, 6.07) is 1.25. The van der Waals surface area contributed by atoms with Gasteiger partial charge in [-0.1, -0.05) is 0 Å². The Balaban J connectivity index is 2.26. The zero-order chi connectivity index (χ0) is 13.2. The molecule has 0 atom stereocenters. The Bertz CT molecular complexity index is 552. The van der Waals surface area contributed by atoms with Crippen LogP contribution in [0.1, 0.15) is 23.2 Å². The summed E-state index contributed by atoms with van der Waals surface area (Å²) in [4.78, 5) is 14.7. The molecule has 0 radical (unpaired) electrons. The van der Waals surface area contributed by atoms with Crippen molar-refractivity contribution in [3.05, 3.63) is 24.0 Å². The molecule has 0 bridgehead atoms. The number of carboxylic acid groups (broad SMARTS) is 1. The first kappa shape index (κ1) is 12.8. The summed E-state index contributed by atoms with van der Waals surface area (Å²) < 4.78 is 27.5. The van der Waals surface area contributed by atoms with Crippen LogP contribution in [0.3, 0.4) is 0 Å². The lowest BCUT2D eigenvalue weighted by atomic mass is 10.2. The SMILES string of the molecule is O=C(O)c1ccncc1NS(=O)(=O)N1CCCC1. The van der Waals surface area contributed by atoms with E-state index in [1.807, 2.05) is 0 Å². The van der Waals surface area contributed by atoms with E-state index in [0.717, 1.165) is 12.8 Å². The van der Waals surface area contributed by atoms with E-state index in [2.05, 4.69) is 9.71 Å². The molecule has 98 valence electrons. The van der Waals surface area contributed by atoms with Gasteiger partial charge >= 0.3 is 16.2 Å². The monoisotopic (exact) mass is 271 g/mol. The van der Waals surface area contributed by atoms with E-state index < -0.39 is 16.2 Å². The zero-order valence-electron chi connectivity index (χ0n) is 9.54. The maximum Gasteiger partial charge on any atom is 0.337 e. The molecule has 1 aliphatic rings. The predicted molar refractivity (Wildman–Crippen MR) is 64.5 cm³/mol. The van der Waals surface area contributed by atoms with E-state index >= 15 is 0 Å². The number of rotatable bonds is 4. The average Bonchev–Trinajstić information content (AvgIpc) is 2.83. The van der Waals surface area contributed by atoms with Crippen molar-refractivity contribution in [2.75, 3.05) is 17.8 Å². The van der Waals surface area contributed by atoms with Crippen LogP contribution in [0, 0.1) is 0 Å². The van der Waals surface area contributed by atoms with E-state index in [0.29, 0.717) is 13.1 Å². The number of nitrogens with one attached hydrogen (secondary N) is 1. The average molecular weight is 271 g/mol. The molecule has 2 N–H and O–H groups in total. The second-order valence-electron chi connectivity index (χ2n) is 3.94. The molecule has 2 rings (SSSR count). The van der Waals surface area contributed by atoms with Gasteiger partial charge < -0.3 is 5.11 Å². The summed E-state index contributed by atoms with van der Waals surface area (Å²) >= 11 is 0. The van der Waals surface area contributed by atoms with Gasteiger partial charge in [-0.25, -0.2) is 4.79 Å². The van der Waals surface area contributed by atoms with Crippen molar-refractivity contribution in [1.82, 2.24) is 9.29 Å². The van der Waals surface area contributed by atoms with Crippen LogP contribution < -0.4 is 4.72 Å². The Morgan fingerprint density at radius 2 is 2.06 bits per heavy atom. The Morgan fingerprint density at radius 3 is 2.67 bits per heavy atom. The minimum Gasteiger partial charge on any atom is -0.478 e. The lowest BCUT2D eigenvalue weighted by Gasteiger charge is -2.17. The van der Waals surface area contributed by atoms with Crippen LogP contribution in [0.2, 0.25) is 0 Å². The fourth-order valence-electron chi connectivity index (χ4n) is 1.79. The van der Waals surface area contributed by atoms with Crippen LogP contribution in [-0.4, -0.2) is 41.9 Å². The predicted octanol–water partition coefficient (Wildman–Crippen LogP) is 0.532. The van der Waals surface area contributed by atoms with Gasteiger partial charge in [0, 0.05) is 19.3 Å². The number of hydrogen-bond donors (Lipinski definition) is 2. The molecule has 1 aromatic heterocycles. The summed E-state index contributed by atoms with van der Waals surface area (Å²) in [6.45, 7) is 0.913. The minimum absolute atomic E-state index is 0.0168. The molecule has 18 heavy (non-hydrogen) atoms. The molecule has 0 aliphatic carbocycles. The summed E-state index contributed by atoms with van der Waals surface area (Å²) in [5.41, 5.74) is -0.135. The molecule has 8 heteroatoms. The lowest BCUT2D eigenvalue weighted by molar-refractivity contribution is 0.0698.